The van der Waals surface area contributed by atoms with Crippen molar-refractivity contribution in [3.8, 4) is 5.75 Å². The van der Waals surface area contributed by atoms with Crippen molar-refractivity contribution in [2.45, 2.75) is 26.8 Å². The summed E-state index contributed by atoms with van der Waals surface area (Å²) < 4.78 is 5.49. The van der Waals surface area contributed by atoms with Crippen molar-refractivity contribution in [3.05, 3.63) is 29.8 Å². The Morgan fingerprint density at radius 1 is 1.13 bits per heavy atom. The molecule has 1 N–H and O–H groups in total. The molecule has 0 saturated heterocycles. The highest BCUT2D eigenvalue weighted by atomic mass is 35.5. The Balaban J connectivity index is 0.00000196. The molecule has 15 heavy (non-hydrogen) atoms. The van der Waals surface area contributed by atoms with Gasteiger partial charge in [0, 0.05) is 6.54 Å². The van der Waals surface area contributed by atoms with Crippen LogP contribution in [-0.2, 0) is 6.54 Å². The van der Waals surface area contributed by atoms with E-state index in [1.165, 1.54) is 5.56 Å². The second-order valence-corrected chi connectivity index (χ2v) is 3.27. The van der Waals surface area contributed by atoms with Crippen LogP contribution in [0.1, 0.15) is 25.8 Å². The van der Waals surface area contributed by atoms with Gasteiger partial charge in [-0.3, -0.25) is 0 Å². The van der Waals surface area contributed by atoms with Crippen LogP contribution >= 0.6 is 12.4 Å². The van der Waals surface area contributed by atoms with Crippen molar-refractivity contribution in [1.82, 2.24) is 5.32 Å². The lowest BCUT2D eigenvalue weighted by molar-refractivity contribution is 0.317. The van der Waals surface area contributed by atoms with Crippen LogP contribution in [0.5, 0.6) is 5.75 Å². The van der Waals surface area contributed by atoms with Crippen molar-refractivity contribution in [2.24, 2.45) is 0 Å². The van der Waals surface area contributed by atoms with E-state index in [2.05, 4.69) is 31.3 Å². The summed E-state index contributed by atoms with van der Waals surface area (Å²) in [5, 5.41) is 3.29. The van der Waals surface area contributed by atoms with Crippen LogP contribution in [0.4, 0.5) is 0 Å². The first kappa shape index (κ1) is 14.3. The third-order valence-corrected chi connectivity index (χ3v) is 1.98. The Hall–Kier alpha value is -0.730. The number of rotatable bonds is 6. The molecule has 1 aromatic rings. The molecule has 0 bridgehead atoms. The minimum absolute atomic E-state index is 0. The van der Waals surface area contributed by atoms with Crippen molar-refractivity contribution in [3.63, 3.8) is 0 Å². The molecule has 0 aliphatic rings. The summed E-state index contributed by atoms with van der Waals surface area (Å²) in [5.74, 6) is 0.965. The van der Waals surface area contributed by atoms with E-state index < -0.39 is 0 Å². The normalized spacial score (nSPS) is 9.47. The lowest BCUT2D eigenvalue weighted by Crippen LogP contribution is -2.11. The molecule has 3 heteroatoms. The number of ether oxygens (including phenoxy) is 1. The van der Waals surface area contributed by atoms with Crippen molar-refractivity contribution in [2.75, 3.05) is 13.2 Å². The van der Waals surface area contributed by atoms with Crippen molar-refractivity contribution in [1.29, 1.82) is 0 Å². The van der Waals surface area contributed by atoms with Crippen molar-refractivity contribution >= 4 is 12.4 Å². The molecular weight excluding hydrogens is 210 g/mol. The van der Waals surface area contributed by atoms with Crippen LogP contribution < -0.4 is 10.1 Å². The van der Waals surface area contributed by atoms with Gasteiger partial charge in [-0.05, 0) is 30.7 Å². The fourth-order valence-electron chi connectivity index (χ4n) is 1.19. The van der Waals surface area contributed by atoms with Gasteiger partial charge in [-0.2, -0.15) is 0 Å². The Kier molecular flexibility index (Phi) is 8.15. The van der Waals surface area contributed by atoms with E-state index in [1.54, 1.807) is 0 Å². The fraction of sp³-hybridized carbons (Fsp3) is 0.500. The minimum Gasteiger partial charge on any atom is -0.494 e. The average Bonchev–Trinajstić information content (AvgIpc) is 2.25. The molecule has 0 radical (unpaired) electrons. The third kappa shape index (κ3) is 5.65. The van der Waals surface area contributed by atoms with Gasteiger partial charge < -0.3 is 10.1 Å². The maximum Gasteiger partial charge on any atom is 0.119 e. The largest absolute Gasteiger partial charge is 0.494 e. The molecule has 0 heterocycles. The van der Waals surface area contributed by atoms with E-state index in [9.17, 15) is 0 Å². The van der Waals surface area contributed by atoms with E-state index >= 15 is 0 Å². The van der Waals surface area contributed by atoms with E-state index in [1.807, 2.05) is 12.1 Å². The summed E-state index contributed by atoms with van der Waals surface area (Å²) >= 11 is 0. The topological polar surface area (TPSA) is 21.3 Å². The standard InChI is InChI=1S/C12H19NO.ClH/c1-3-9-14-12-7-5-11(6-8-12)10-13-4-2;/h5-8,13H,3-4,9-10H2,1-2H3;1H. The zero-order chi connectivity index (χ0) is 10.2. The molecule has 1 aromatic carbocycles. The Bertz CT molecular complexity index is 221. The molecule has 0 saturated carbocycles. The summed E-state index contributed by atoms with van der Waals surface area (Å²) in [7, 11) is 0. The van der Waals surface area contributed by atoms with E-state index in [0.29, 0.717) is 0 Å². The number of hydrogen-bond donors (Lipinski definition) is 1. The highest BCUT2D eigenvalue weighted by Crippen LogP contribution is 2.12. The van der Waals surface area contributed by atoms with Crippen LogP contribution in [0.15, 0.2) is 24.3 Å². The van der Waals surface area contributed by atoms with Crippen molar-refractivity contribution < 1.29 is 4.74 Å². The highest BCUT2D eigenvalue weighted by Gasteiger charge is 1.94. The molecule has 0 fully saturated rings. The summed E-state index contributed by atoms with van der Waals surface area (Å²) in [6, 6.07) is 8.27. The molecule has 0 unspecified atom stereocenters. The molecule has 0 aliphatic heterocycles. The second kappa shape index (κ2) is 8.57. The minimum atomic E-state index is 0. The smallest absolute Gasteiger partial charge is 0.119 e. The summed E-state index contributed by atoms with van der Waals surface area (Å²) in [4.78, 5) is 0. The number of nitrogens with one attached hydrogen (secondary N) is 1. The third-order valence-electron chi connectivity index (χ3n) is 1.98. The molecular formula is C12H20ClNO. The molecule has 0 atom stereocenters. The quantitative estimate of drug-likeness (QED) is 0.810. The lowest BCUT2D eigenvalue weighted by atomic mass is 10.2. The van der Waals surface area contributed by atoms with Gasteiger partial charge in [0.05, 0.1) is 6.61 Å². The zero-order valence-electron chi connectivity index (χ0n) is 9.45. The summed E-state index contributed by atoms with van der Waals surface area (Å²) in [5.41, 5.74) is 1.30. The highest BCUT2D eigenvalue weighted by molar-refractivity contribution is 5.85. The maximum absolute atomic E-state index is 5.49. The van der Waals surface area contributed by atoms with E-state index in [0.717, 1.165) is 31.9 Å². The summed E-state index contributed by atoms with van der Waals surface area (Å²) in [6.45, 7) is 6.96. The molecule has 1 rings (SSSR count). The Morgan fingerprint density at radius 2 is 1.80 bits per heavy atom. The number of hydrogen-bond acceptors (Lipinski definition) is 2. The van der Waals surface area contributed by atoms with Gasteiger partial charge in [0.25, 0.3) is 0 Å². The predicted molar refractivity (Wildman–Crippen MR) is 66.9 cm³/mol. The van der Waals surface area contributed by atoms with Crippen LogP contribution in [-0.4, -0.2) is 13.2 Å². The molecule has 86 valence electrons. The fourth-order valence-corrected chi connectivity index (χ4v) is 1.19. The molecule has 0 aliphatic carbocycles. The van der Waals surface area contributed by atoms with Gasteiger partial charge in [0.2, 0.25) is 0 Å². The Morgan fingerprint density at radius 3 is 2.33 bits per heavy atom. The monoisotopic (exact) mass is 229 g/mol. The van der Waals surface area contributed by atoms with Gasteiger partial charge in [-0.1, -0.05) is 26.0 Å². The van der Waals surface area contributed by atoms with E-state index in [-0.39, 0.29) is 12.4 Å². The first-order valence-corrected chi connectivity index (χ1v) is 5.29. The molecule has 0 spiro atoms. The van der Waals surface area contributed by atoms with E-state index in [4.69, 9.17) is 4.74 Å². The van der Waals surface area contributed by atoms with Gasteiger partial charge >= 0.3 is 0 Å². The Labute approximate surface area is 98.4 Å². The summed E-state index contributed by atoms with van der Waals surface area (Å²) in [6.07, 6.45) is 1.05. The van der Waals surface area contributed by atoms with Crippen LogP contribution in [0, 0.1) is 0 Å². The first-order valence-electron chi connectivity index (χ1n) is 5.29. The molecule has 2 nitrogen and oxygen atoms in total. The van der Waals surface area contributed by atoms with Gasteiger partial charge in [0.1, 0.15) is 5.75 Å². The lowest BCUT2D eigenvalue weighted by Gasteiger charge is -2.06. The predicted octanol–water partition coefficient (Wildman–Crippen LogP) is 3.01. The maximum atomic E-state index is 5.49. The SMILES string of the molecule is CCCOc1ccc(CNCC)cc1.Cl. The second-order valence-electron chi connectivity index (χ2n) is 3.27. The van der Waals surface area contributed by atoms with Gasteiger partial charge in [-0.15, -0.1) is 12.4 Å². The molecule has 0 amide bonds. The average molecular weight is 230 g/mol. The van der Waals surface area contributed by atoms with Crippen LogP contribution in [0.25, 0.3) is 0 Å². The first-order chi connectivity index (χ1) is 6.86. The van der Waals surface area contributed by atoms with Crippen LogP contribution in [0.2, 0.25) is 0 Å². The van der Waals surface area contributed by atoms with Gasteiger partial charge in [0.15, 0.2) is 0 Å². The van der Waals surface area contributed by atoms with Gasteiger partial charge in [-0.25, -0.2) is 0 Å². The van der Waals surface area contributed by atoms with Crippen LogP contribution in [0.3, 0.4) is 0 Å². The number of halogens is 1. The zero-order valence-corrected chi connectivity index (χ0v) is 10.3. The number of benzene rings is 1. The molecule has 0 aromatic heterocycles.